The van der Waals surface area contributed by atoms with Crippen LogP contribution in [0.2, 0.25) is 0 Å². The summed E-state index contributed by atoms with van der Waals surface area (Å²) in [6.07, 6.45) is 0. The number of rotatable bonds is 2. The minimum absolute atomic E-state index is 0.362. The Balaban J connectivity index is 2.19. The van der Waals surface area contributed by atoms with Gasteiger partial charge in [-0.15, -0.1) is 0 Å². The number of nitrogens with zero attached hydrogens (tertiary/aromatic N) is 4. The molecule has 1 saturated heterocycles. The van der Waals surface area contributed by atoms with Gasteiger partial charge in [0.2, 0.25) is 5.95 Å². The van der Waals surface area contributed by atoms with Gasteiger partial charge in [0.1, 0.15) is 5.82 Å². The molecule has 2 atom stereocenters. The van der Waals surface area contributed by atoms with Crippen molar-refractivity contribution in [1.29, 1.82) is 0 Å². The first-order chi connectivity index (χ1) is 7.97. The fourth-order valence-corrected chi connectivity index (χ4v) is 2.55. The van der Waals surface area contributed by atoms with Crippen LogP contribution >= 0.6 is 0 Å². The van der Waals surface area contributed by atoms with Gasteiger partial charge in [0.25, 0.3) is 0 Å². The van der Waals surface area contributed by atoms with E-state index in [1.807, 2.05) is 13.0 Å². The van der Waals surface area contributed by atoms with Crippen molar-refractivity contribution >= 4 is 11.8 Å². The van der Waals surface area contributed by atoms with Crippen LogP contribution in [-0.2, 0) is 0 Å². The van der Waals surface area contributed by atoms with Gasteiger partial charge in [0.15, 0.2) is 0 Å². The maximum atomic E-state index is 5.70. The summed E-state index contributed by atoms with van der Waals surface area (Å²) in [4.78, 5) is 13.0. The summed E-state index contributed by atoms with van der Waals surface area (Å²) in [5.74, 6) is 1.95. The molecule has 2 N–H and O–H groups in total. The van der Waals surface area contributed by atoms with Crippen molar-refractivity contribution in [2.24, 2.45) is 5.92 Å². The summed E-state index contributed by atoms with van der Waals surface area (Å²) in [5, 5.41) is 0. The first-order valence-corrected chi connectivity index (χ1v) is 6.00. The maximum Gasteiger partial charge on any atom is 0.222 e. The predicted octanol–water partition coefficient (Wildman–Crippen LogP) is 0.754. The molecule has 1 aromatic heterocycles. The third-order valence-electron chi connectivity index (χ3n) is 3.42. The van der Waals surface area contributed by atoms with Crippen molar-refractivity contribution in [2.75, 3.05) is 37.8 Å². The van der Waals surface area contributed by atoms with Crippen LogP contribution in [0.25, 0.3) is 0 Å². The van der Waals surface area contributed by atoms with Crippen LogP contribution in [0.5, 0.6) is 0 Å². The van der Waals surface area contributed by atoms with E-state index in [-0.39, 0.29) is 0 Å². The number of nitrogens with two attached hydrogens (primary N) is 1. The lowest BCUT2D eigenvalue weighted by atomic mass is 10.1. The lowest BCUT2D eigenvalue weighted by Crippen LogP contribution is -2.34. The second-order valence-electron chi connectivity index (χ2n) is 5.14. The molecule has 17 heavy (non-hydrogen) atoms. The average Bonchev–Trinajstić information content (AvgIpc) is 2.59. The van der Waals surface area contributed by atoms with Crippen LogP contribution in [0, 0.1) is 12.8 Å². The molecule has 0 radical (unpaired) electrons. The zero-order valence-corrected chi connectivity index (χ0v) is 11.0. The number of aromatic nitrogens is 2. The monoisotopic (exact) mass is 235 g/mol. The third-order valence-corrected chi connectivity index (χ3v) is 3.42. The Kier molecular flexibility index (Phi) is 3.19. The molecule has 0 bridgehead atoms. The number of nitrogen functional groups attached to an aromatic ring is 1. The number of anilines is 2. The fraction of sp³-hybridized carbons (Fsp3) is 0.667. The molecular weight excluding hydrogens is 214 g/mol. The van der Waals surface area contributed by atoms with E-state index >= 15 is 0 Å². The minimum Gasteiger partial charge on any atom is -0.368 e. The second kappa shape index (κ2) is 4.49. The van der Waals surface area contributed by atoms with Gasteiger partial charge < -0.3 is 15.5 Å². The van der Waals surface area contributed by atoms with Crippen LogP contribution < -0.4 is 10.6 Å². The maximum absolute atomic E-state index is 5.70. The highest BCUT2D eigenvalue weighted by Crippen LogP contribution is 2.25. The summed E-state index contributed by atoms with van der Waals surface area (Å²) in [7, 11) is 4.26. The van der Waals surface area contributed by atoms with E-state index < -0.39 is 0 Å². The molecule has 1 aromatic rings. The minimum atomic E-state index is 0.362. The van der Waals surface area contributed by atoms with Gasteiger partial charge in [-0.25, -0.2) is 4.98 Å². The summed E-state index contributed by atoms with van der Waals surface area (Å²) in [6.45, 7) is 6.26. The summed E-state index contributed by atoms with van der Waals surface area (Å²) in [5.41, 5.74) is 6.62. The van der Waals surface area contributed by atoms with Crippen LogP contribution in [0.1, 0.15) is 12.6 Å². The molecule has 2 rings (SSSR count). The highest BCUT2D eigenvalue weighted by molar-refractivity contribution is 5.44. The van der Waals surface area contributed by atoms with E-state index in [4.69, 9.17) is 5.73 Å². The Hall–Kier alpha value is -1.36. The van der Waals surface area contributed by atoms with Crippen LogP contribution in [0.15, 0.2) is 6.07 Å². The molecule has 1 aliphatic rings. The van der Waals surface area contributed by atoms with Crippen molar-refractivity contribution in [2.45, 2.75) is 19.9 Å². The van der Waals surface area contributed by atoms with Crippen LogP contribution in [-0.4, -0.2) is 48.1 Å². The Labute approximate surface area is 103 Å². The number of hydrogen-bond acceptors (Lipinski definition) is 5. The second-order valence-corrected chi connectivity index (χ2v) is 5.14. The van der Waals surface area contributed by atoms with Gasteiger partial charge in [0.05, 0.1) is 0 Å². The zero-order chi connectivity index (χ0) is 12.6. The molecule has 5 heteroatoms. The SMILES string of the molecule is Cc1cc(N2CC(C)C(N(C)C)C2)nc(N)n1. The lowest BCUT2D eigenvalue weighted by molar-refractivity contribution is 0.266. The molecule has 0 spiro atoms. The summed E-state index contributed by atoms with van der Waals surface area (Å²) < 4.78 is 0. The first-order valence-electron chi connectivity index (χ1n) is 6.00. The number of hydrogen-bond donors (Lipinski definition) is 1. The highest BCUT2D eigenvalue weighted by Gasteiger charge is 2.31. The standard InChI is InChI=1S/C12H21N5/c1-8-6-17(7-10(8)16(3)4)11-5-9(2)14-12(13)15-11/h5,8,10H,6-7H2,1-4H3,(H2,13,14,15). The molecule has 0 aliphatic carbocycles. The van der Waals surface area contributed by atoms with E-state index in [1.165, 1.54) is 0 Å². The molecule has 1 fully saturated rings. The smallest absolute Gasteiger partial charge is 0.222 e. The molecule has 1 aliphatic heterocycles. The largest absolute Gasteiger partial charge is 0.368 e. The van der Waals surface area contributed by atoms with Crippen LogP contribution in [0.3, 0.4) is 0 Å². The van der Waals surface area contributed by atoms with Crippen molar-refractivity contribution in [1.82, 2.24) is 14.9 Å². The molecule has 2 heterocycles. The lowest BCUT2D eigenvalue weighted by Gasteiger charge is -2.22. The van der Waals surface area contributed by atoms with E-state index in [2.05, 4.69) is 40.8 Å². The van der Waals surface area contributed by atoms with Gasteiger partial charge >= 0.3 is 0 Å². The Morgan fingerprint density at radius 1 is 1.35 bits per heavy atom. The molecule has 2 unspecified atom stereocenters. The van der Waals surface area contributed by atoms with Gasteiger partial charge in [0, 0.05) is 30.9 Å². The number of aryl methyl sites for hydroxylation is 1. The first kappa shape index (κ1) is 12.1. The summed E-state index contributed by atoms with van der Waals surface area (Å²) >= 11 is 0. The quantitative estimate of drug-likeness (QED) is 0.820. The van der Waals surface area contributed by atoms with E-state index in [0.29, 0.717) is 17.9 Å². The topological polar surface area (TPSA) is 58.3 Å². The fourth-order valence-electron chi connectivity index (χ4n) is 2.55. The Morgan fingerprint density at radius 2 is 2.06 bits per heavy atom. The highest BCUT2D eigenvalue weighted by atomic mass is 15.3. The predicted molar refractivity (Wildman–Crippen MR) is 70.0 cm³/mol. The van der Waals surface area contributed by atoms with Gasteiger partial charge in [-0.1, -0.05) is 6.92 Å². The number of likely N-dealkylation sites (N-methyl/N-ethyl adjacent to an activating group) is 1. The van der Waals surface area contributed by atoms with Crippen molar-refractivity contribution in [3.8, 4) is 0 Å². The Morgan fingerprint density at radius 3 is 2.59 bits per heavy atom. The van der Waals surface area contributed by atoms with E-state index in [1.54, 1.807) is 0 Å². The third kappa shape index (κ3) is 2.49. The average molecular weight is 235 g/mol. The Bertz CT molecular complexity index is 384. The zero-order valence-electron chi connectivity index (χ0n) is 11.0. The van der Waals surface area contributed by atoms with Crippen LogP contribution in [0.4, 0.5) is 11.8 Å². The van der Waals surface area contributed by atoms with Crippen molar-refractivity contribution < 1.29 is 0 Å². The normalized spacial score (nSPS) is 24.6. The molecule has 94 valence electrons. The van der Waals surface area contributed by atoms with Crippen molar-refractivity contribution in [3.05, 3.63) is 11.8 Å². The molecule has 5 nitrogen and oxygen atoms in total. The van der Waals surface area contributed by atoms with Gasteiger partial charge in [-0.05, 0) is 26.9 Å². The summed E-state index contributed by atoms with van der Waals surface area (Å²) in [6, 6.07) is 2.58. The van der Waals surface area contributed by atoms with E-state index in [0.717, 1.165) is 24.6 Å². The van der Waals surface area contributed by atoms with Gasteiger partial charge in [-0.2, -0.15) is 4.98 Å². The molecule has 0 amide bonds. The van der Waals surface area contributed by atoms with Crippen molar-refractivity contribution in [3.63, 3.8) is 0 Å². The van der Waals surface area contributed by atoms with E-state index in [9.17, 15) is 0 Å². The molecule has 0 saturated carbocycles. The molecule has 0 aromatic carbocycles. The molecular formula is C12H21N5. The van der Waals surface area contributed by atoms with Gasteiger partial charge in [-0.3, -0.25) is 0 Å².